The summed E-state index contributed by atoms with van der Waals surface area (Å²) in [7, 11) is 3.94. The Labute approximate surface area is 175 Å². The van der Waals surface area contributed by atoms with Crippen LogP contribution >= 0.6 is 0 Å². The molecule has 0 bridgehead atoms. The van der Waals surface area contributed by atoms with Crippen LogP contribution < -0.4 is 5.69 Å². The molecule has 3 rings (SSSR count). The van der Waals surface area contributed by atoms with Crippen LogP contribution in [0.15, 0.2) is 59.5 Å². The quantitative estimate of drug-likeness (QED) is 0.657. The molecule has 0 atom stereocenters. The van der Waals surface area contributed by atoms with Crippen molar-refractivity contribution >= 4 is 5.91 Å². The van der Waals surface area contributed by atoms with Crippen LogP contribution in [0.1, 0.15) is 27.2 Å². The maximum atomic E-state index is 13.2. The molecule has 0 aliphatic heterocycles. The van der Waals surface area contributed by atoms with Crippen LogP contribution in [0.5, 0.6) is 0 Å². The summed E-state index contributed by atoms with van der Waals surface area (Å²) in [5.41, 5.74) is 3.42. The van der Waals surface area contributed by atoms with Crippen LogP contribution in [0, 0.1) is 18.3 Å². The van der Waals surface area contributed by atoms with E-state index in [9.17, 15) is 9.59 Å². The largest absolute Gasteiger partial charge is 0.333 e. The molecule has 0 aliphatic carbocycles. The number of amides is 1. The number of aromatic nitrogens is 2. The SMILES string of the molecule is Cc1c[nH]c(=O)n1-c1ccc(C(=O)N(CCN(C)C)Cc2ccc(C#N)cc2)cc1. The summed E-state index contributed by atoms with van der Waals surface area (Å²) in [6.45, 7) is 3.61. The molecule has 0 spiro atoms. The molecule has 0 fully saturated rings. The Kier molecular flexibility index (Phi) is 6.50. The van der Waals surface area contributed by atoms with E-state index in [4.69, 9.17) is 5.26 Å². The molecule has 0 radical (unpaired) electrons. The van der Waals surface area contributed by atoms with Gasteiger partial charge in [-0.2, -0.15) is 5.26 Å². The van der Waals surface area contributed by atoms with E-state index < -0.39 is 0 Å². The number of hydrogen-bond acceptors (Lipinski definition) is 4. The molecule has 0 aliphatic rings. The molecule has 7 nitrogen and oxygen atoms in total. The first-order valence-corrected chi connectivity index (χ1v) is 9.69. The maximum Gasteiger partial charge on any atom is 0.330 e. The highest BCUT2D eigenvalue weighted by Crippen LogP contribution is 2.14. The van der Waals surface area contributed by atoms with Gasteiger partial charge in [0.05, 0.1) is 17.3 Å². The highest BCUT2D eigenvalue weighted by Gasteiger charge is 2.17. The molecule has 1 aromatic heterocycles. The summed E-state index contributed by atoms with van der Waals surface area (Å²) in [5.74, 6) is -0.0779. The van der Waals surface area contributed by atoms with Crippen molar-refractivity contribution < 1.29 is 4.79 Å². The molecular formula is C23H25N5O2. The molecule has 0 saturated carbocycles. The van der Waals surface area contributed by atoms with Gasteiger partial charge in [0.25, 0.3) is 5.91 Å². The van der Waals surface area contributed by atoms with Crippen LogP contribution in [0.3, 0.4) is 0 Å². The number of carbonyl (C=O) groups is 1. The number of carbonyl (C=O) groups excluding carboxylic acids is 1. The number of aryl methyl sites for hydroxylation is 1. The first-order valence-electron chi connectivity index (χ1n) is 9.69. The van der Waals surface area contributed by atoms with E-state index in [1.807, 2.05) is 38.1 Å². The van der Waals surface area contributed by atoms with Gasteiger partial charge in [-0.3, -0.25) is 9.36 Å². The van der Waals surface area contributed by atoms with Crippen LogP contribution in [0.2, 0.25) is 0 Å². The summed E-state index contributed by atoms with van der Waals surface area (Å²) in [6.07, 6.45) is 1.65. The first-order chi connectivity index (χ1) is 14.4. The van der Waals surface area contributed by atoms with Crippen molar-refractivity contribution in [2.45, 2.75) is 13.5 Å². The van der Waals surface area contributed by atoms with Crippen molar-refractivity contribution in [3.8, 4) is 11.8 Å². The van der Waals surface area contributed by atoms with Gasteiger partial charge in [-0.25, -0.2) is 4.79 Å². The van der Waals surface area contributed by atoms with Gasteiger partial charge in [0.15, 0.2) is 0 Å². The van der Waals surface area contributed by atoms with Gasteiger partial charge in [-0.1, -0.05) is 12.1 Å². The van der Waals surface area contributed by atoms with Crippen LogP contribution in [0.4, 0.5) is 0 Å². The van der Waals surface area contributed by atoms with Gasteiger partial charge in [-0.05, 0) is 63.0 Å². The minimum atomic E-state index is -0.208. The van der Waals surface area contributed by atoms with E-state index >= 15 is 0 Å². The number of nitrogens with zero attached hydrogens (tertiary/aromatic N) is 4. The fraction of sp³-hybridized carbons (Fsp3) is 0.261. The lowest BCUT2D eigenvalue weighted by molar-refractivity contribution is 0.0732. The van der Waals surface area contributed by atoms with Gasteiger partial charge >= 0.3 is 5.69 Å². The maximum absolute atomic E-state index is 13.2. The van der Waals surface area contributed by atoms with Gasteiger partial charge < -0.3 is 14.8 Å². The Bertz CT molecular complexity index is 1100. The highest BCUT2D eigenvalue weighted by molar-refractivity contribution is 5.94. The molecule has 2 aromatic carbocycles. The predicted molar refractivity (Wildman–Crippen MR) is 116 cm³/mol. The molecule has 7 heteroatoms. The standard InChI is InChI=1S/C23H25N5O2/c1-17-15-25-23(30)28(17)21-10-8-20(9-11-21)22(29)27(13-12-26(2)3)16-19-6-4-18(14-24)5-7-19/h4-11,15H,12-13,16H2,1-3H3,(H,25,30). The highest BCUT2D eigenvalue weighted by atomic mass is 16.2. The lowest BCUT2D eigenvalue weighted by Gasteiger charge is -2.25. The smallest absolute Gasteiger partial charge is 0.330 e. The summed E-state index contributed by atoms with van der Waals surface area (Å²) in [6, 6.07) is 16.4. The van der Waals surface area contributed by atoms with Gasteiger partial charge in [0.1, 0.15) is 0 Å². The molecule has 1 amide bonds. The number of likely N-dealkylation sites (N-methyl/N-ethyl adjacent to an activating group) is 1. The molecule has 30 heavy (non-hydrogen) atoms. The Morgan fingerprint density at radius 1 is 1.07 bits per heavy atom. The van der Waals surface area contributed by atoms with Crippen LogP contribution in [-0.4, -0.2) is 52.4 Å². The molecular weight excluding hydrogens is 378 g/mol. The monoisotopic (exact) mass is 403 g/mol. The predicted octanol–water partition coefficient (Wildman–Crippen LogP) is 2.55. The number of benzene rings is 2. The van der Waals surface area contributed by atoms with E-state index in [2.05, 4.69) is 11.1 Å². The molecule has 154 valence electrons. The van der Waals surface area contributed by atoms with Gasteiger partial charge in [-0.15, -0.1) is 0 Å². The summed E-state index contributed by atoms with van der Waals surface area (Å²) >= 11 is 0. The topological polar surface area (TPSA) is 85.1 Å². The average Bonchev–Trinajstić information content (AvgIpc) is 3.09. The fourth-order valence-electron chi connectivity index (χ4n) is 3.19. The second kappa shape index (κ2) is 9.25. The van der Waals surface area contributed by atoms with Crippen molar-refractivity contribution in [1.82, 2.24) is 19.4 Å². The molecule has 1 heterocycles. The van der Waals surface area contributed by atoms with Crippen molar-refractivity contribution in [2.75, 3.05) is 27.2 Å². The van der Waals surface area contributed by atoms with Crippen molar-refractivity contribution in [3.63, 3.8) is 0 Å². The van der Waals surface area contributed by atoms with E-state index in [1.54, 1.807) is 52.1 Å². The minimum absolute atomic E-state index is 0.0779. The van der Waals surface area contributed by atoms with E-state index in [0.717, 1.165) is 17.8 Å². The third-order valence-electron chi connectivity index (χ3n) is 4.89. The van der Waals surface area contributed by atoms with Crippen molar-refractivity contribution in [2.24, 2.45) is 0 Å². The third kappa shape index (κ3) is 4.85. The molecule has 1 N–H and O–H groups in total. The second-order valence-electron chi connectivity index (χ2n) is 7.46. The second-order valence-corrected chi connectivity index (χ2v) is 7.46. The van der Waals surface area contributed by atoms with E-state index in [0.29, 0.717) is 29.9 Å². The number of imidazole rings is 1. The summed E-state index contributed by atoms with van der Waals surface area (Å²) in [4.78, 5) is 31.7. The molecule has 0 unspecified atom stereocenters. The zero-order chi connectivity index (χ0) is 21.7. The number of nitrogens with one attached hydrogen (secondary N) is 1. The minimum Gasteiger partial charge on any atom is -0.333 e. The van der Waals surface area contributed by atoms with Gasteiger partial charge in [0.2, 0.25) is 0 Å². The van der Waals surface area contributed by atoms with E-state index in [1.165, 1.54) is 0 Å². The molecule has 3 aromatic rings. The van der Waals surface area contributed by atoms with Crippen molar-refractivity contribution in [3.05, 3.63) is 87.6 Å². The van der Waals surface area contributed by atoms with Crippen LogP contribution in [0.25, 0.3) is 5.69 Å². The number of hydrogen-bond donors (Lipinski definition) is 1. The zero-order valence-electron chi connectivity index (χ0n) is 17.4. The average molecular weight is 403 g/mol. The number of nitriles is 1. The molecule has 0 saturated heterocycles. The normalized spacial score (nSPS) is 10.8. The Balaban J connectivity index is 1.82. The number of aromatic amines is 1. The summed E-state index contributed by atoms with van der Waals surface area (Å²) < 4.78 is 1.56. The number of rotatable bonds is 7. The Morgan fingerprint density at radius 3 is 2.27 bits per heavy atom. The summed E-state index contributed by atoms with van der Waals surface area (Å²) in [5, 5.41) is 8.97. The van der Waals surface area contributed by atoms with Crippen molar-refractivity contribution in [1.29, 1.82) is 5.26 Å². The van der Waals surface area contributed by atoms with E-state index in [-0.39, 0.29) is 11.6 Å². The Morgan fingerprint density at radius 2 is 1.73 bits per heavy atom. The number of H-pyrrole nitrogens is 1. The first kappa shape index (κ1) is 21.1. The zero-order valence-corrected chi connectivity index (χ0v) is 17.4. The van der Waals surface area contributed by atoms with Crippen LogP contribution in [-0.2, 0) is 6.54 Å². The van der Waals surface area contributed by atoms with Gasteiger partial charge in [0, 0.05) is 37.1 Å². The third-order valence-corrected chi connectivity index (χ3v) is 4.89. The Hall–Kier alpha value is -3.63. The fourth-order valence-corrected chi connectivity index (χ4v) is 3.19. The lowest BCUT2D eigenvalue weighted by Crippen LogP contribution is -2.36. The lowest BCUT2D eigenvalue weighted by atomic mass is 10.1.